The van der Waals surface area contributed by atoms with Gasteiger partial charge in [0.1, 0.15) is 5.17 Å². The first-order valence-electron chi connectivity index (χ1n) is 4.17. The van der Waals surface area contributed by atoms with Crippen molar-refractivity contribution in [2.45, 2.75) is 25.4 Å². The minimum absolute atomic E-state index is 0.0399. The smallest absolute Gasteiger partial charge is 0.410 e. The molecule has 1 N–H and O–H groups in total. The third-order valence-corrected chi connectivity index (χ3v) is 1.81. The summed E-state index contributed by atoms with van der Waals surface area (Å²) in [4.78, 5) is 0. The molecule has 0 unspecified atom stereocenters. The van der Waals surface area contributed by atoms with Crippen molar-refractivity contribution in [2.24, 2.45) is 5.16 Å². The van der Waals surface area contributed by atoms with Crippen LogP contribution in [0.4, 0.5) is 13.2 Å². The molecule has 0 saturated carbocycles. The van der Waals surface area contributed by atoms with Crippen molar-refractivity contribution in [1.82, 2.24) is 0 Å². The summed E-state index contributed by atoms with van der Waals surface area (Å²) in [5, 5.41) is 10.9. The Balaban J connectivity index is 3.78. The molecule has 0 radical (unpaired) electrons. The molecule has 2 nitrogen and oxygen atoms in total. The molecular weight excluding hydrogens is 231 g/mol. The minimum Gasteiger partial charge on any atom is -0.410 e. The van der Waals surface area contributed by atoms with Gasteiger partial charge in [-0.1, -0.05) is 35.5 Å². The van der Waals surface area contributed by atoms with E-state index in [0.717, 1.165) is 6.08 Å². The van der Waals surface area contributed by atoms with Crippen LogP contribution in [0.3, 0.4) is 0 Å². The third-order valence-electron chi connectivity index (χ3n) is 1.55. The molecule has 0 aliphatic carbocycles. The van der Waals surface area contributed by atoms with Gasteiger partial charge in [-0.05, 0) is 12.8 Å². The van der Waals surface area contributed by atoms with Gasteiger partial charge in [0.15, 0.2) is 0 Å². The largest absolute Gasteiger partial charge is 0.415 e. The second-order valence-electron chi connectivity index (χ2n) is 2.79. The molecule has 0 heterocycles. The predicted octanol–water partition coefficient (Wildman–Crippen LogP) is 3.86. The number of nitrogens with zero attached hydrogens (tertiary/aromatic N) is 1. The Morgan fingerprint density at radius 2 is 2.07 bits per heavy atom. The van der Waals surface area contributed by atoms with Crippen molar-refractivity contribution >= 4 is 16.8 Å². The normalized spacial score (nSPS) is 13.5. The SMILES string of the molecule is C=C(/C=C\CCC/C(Cl)=N/O)C(F)(F)F. The van der Waals surface area contributed by atoms with Gasteiger partial charge in [0.25, 0.3) is 0 Å². The van der Waals surface area contributed by atoms with Crippen molar-refractivity contribution in [3.8, 4) is 0 Å². The van der Waals surface area contributed by atoms with Gasteiger partial charge >= 0.3 is 6.18 Å². The summed E-state index contributed by atoms with van der Waals surface area (Å²) in [6.45, 7) is 2.87. The van der Waals surface area contributed by atoms with Crippen molar-refractivity contribution in [2.75, 3.05) is 0 Å². The third kappa shape index (κ3) is 7.02. The number of hydrogen-bond donors (Lipinski definition) is 1. The summed E-state index contributed by atoms with van der Waals surface area (Å²) in [7, 11) is 0. The maximum absolute atomic E-state index is 11.9. The highest BCUT2D eigenvalue weighted by Gasteiger charge is 2.29. The molecule has 0 bridgehead atoms. The molecule has 86 valence electrons. The Morgan fingerprint density at radius 1 is 1.47 bits per heavy atom. The zero-order valence-electron chi connectivity index (χ0n) is 7.89. The second-order valence-corrected chi connectivity index (χ2v) is 3.23. The highest BCUT2D eigenvalue weighted by Crippen LogP contribution is 2.24. The Labute approximate surface area is 90.7 Å². The summed E-state index contributed by atoms with van der Waals surface area (Å²) in [6, 6.07) is 0. The summed E-state index contributed by atoms with van der Waals surface area (Å²) in [5.41, 5.74) is -0.885. The van der Waals surface area contributed by atoms with E-state index in [1.54, 1.807) is 0 Å². The number of unbranched alkanes of at least 4 members (excludes halogenated alkanes) is 1. The summed E-state index contributed by atoms with van der Waals surface area (Å²) in [5.74, 6) is 0. The Hall–Kier alpha value is -0.970. The number of oxime groups is 1. The molecule has 0 aliphatic rings. The molecule has 6 heteroatoms. The standard InChI is InChI=1S/C9H11ClF3NO/c1-7(9(11,12)13)5-3-2-4-6-8(10)14-15/h3,5,15H,1-2,4,6H2/b5-3-,14-8-. The van der Waals surface area contributed by atoms with Crippen LogP contribution < -0.4 is 0 Å². The van der Waals surface area contributed by atoms with Crippen LogP contribution in [0, 0.1) is 0 Å². The molecule has 0 spiro atoms. The topological polar surface area (TPSA) is 32.6 Å². The molecule has 0 fully saturated rings. The average molecular weight is 242 g/mol. The summed E-state index contributed by atoms with van der Waals surface area (Å²) >= 11 is 5.36. The van der Waals surface area contributed by atoms with E-state index in [4.69, 9.17) is 16.8 Å². The molecule has 0 atom stereocenters. The highest BCUT2D eigenvalue weighted by molar-refractivity contribution is 6.65. The van der Waals surface area contributed by atoms with E-state index in [1.807, 2.05) is 0 Å². The van der Waals surface area contributed by atoms with Crippen LogP contribution in [-0.2, 0) is 0 Å². The maximum Gasteiger partial charge on any atom is 0.415 e. The molecule has 0 aromatic heterocycles. The Bertz CT molecular complexity index is 271. The van der Waals surface area contributed by atoms with E-state index >= 15 is 0 Å². The lowest BCUT2D eigenvalue weighted by Crippen LogP contribution is -2.08. The lowest BCUT2D eigenvalue weighted by Gasteiger charge is -2.04. The van der Waals surface area contributed by atoms with Crippen molar-refractivity contribution in [1.29, 1.82) is 0 Å². The van der Waals surface area contributed by atoms with E-state index in [2.05, 4.69) is 11.7 Å². The highest BCUT2D eigenvalue weighted by atomic mass is 35.5. The van der Waals surface area contributed by atoms with Gasteiger partial charge in [0.2, 0.25) is 0 Å². The fourth-order valence-corrected chi connectivity index (χ4v) is 0.869. The predicted molar refractivity (Wildman–Crippen MR) is 53.3 cm³/mol. The first kappa shape index (κ1) is 14.0. The van der Waals surface area contributed by atoms with Gasteiger partial charge in [-0.2, -0.15) is 13.2 Å². The van der Waals surface area contributed by atoms with Crippen LogP contribution in [0.15, 0.2) is 29.5 Å². The first-order chi connectivity index (χ1) is 6.88. The number of hydrogen-bond acceptors (Lipinski definition) is 2. The van der Waals surface area contributed by atoms with E-state index in [0.29, 0.717) is 19.3 Å². The monoisotopic (exact) mass is 241 g/mol. The van der Waals surface area contributed by atoms with E-state index in [-0.39, 0.29) is 5.17 Å². The van der Waals surface area contributed by atoms with Crippen LogP contribution in [0.1, 0.15) is 19.3 Å². The van der Waals surface area contributed by atoms with Crippen LogP contribution in [-0.4, -0.2) is 16.6 Å². The zero-order chi connectivity index (χ0) is 11.9. The molecule has 0 aromatic rings. The van der Waals surface area contributed by atoms with Crippen molar-refractivity contribution in [3.63, 3.8) is 0 Å². The van der Waals surface area contributed by atoms with Gasteiger partial charge < -0.3 is 5.21 Å². The quantitative estimate of drug-likeness (QED) is 0.256. The second kappa shape index (κ2) is 6.50. The molecule has 0 rings (SSSR count). The summed E-state index contributed by atoms with van der Waals surface area (Å²) < 4.78 is 35.8. The fourth-order valence-electron chi connectivity index (χ4n) is 0.736. The maximum atomic E-state index is 11.9. The number of halogens is 4. The van der Waals surface area contributed by atoms with Gasteiger partial charge in [0.05, 0.1) is 0 Å². The van der Waals surface area contributed by atoms with Gasteiger partial charge in [-0.15, -0.1) is 0 Å². The van der Waals surface area contributed by atoms with E-state index < -0.39 is 11.7 Å². The lowest BCUT2D eigenvalue weighted by atomic mass is 10.2. The van der Waals surface area contributed by atoms with Crippen LogP contribution in [0.5, 0.6) is 0 Å². The molecule has 0 amide bonds. The number of alkyl halides is 3. The average Bonchev–Trinajstić information content (AvgIpc) is 2.15. The Kier molecular flexibility index (Phi) is 6.08. The summed E-state index contributed by atoms with van der Waals surface area (Å²) in [6.07, 6.45) is -0.825. The first-order valence-corrected chi connectivity index (χ1v) is 4.54. The molecule has 0 saturated heterocycles. The van der Waals surface area contributed by atoms with E-state index in [9.17, 15) is 13.2 Å². The van der Waals surface area contributed by atoms with Crippen LogP contribution in [0.2, 0.25) is 0 Å². The number of allylic oxidation sites excluding steroid dienone is 3. The molecule has 15 heavy (non-hydrogen) atoms. The molecule has 0 aliphatic heterocycles. The van der Waals surface area contributed by atoms with Crippen molar-refractivity contribution < 1.29 is 18.4 Å². The lowest BCUT2D eigenvalue weighted by molar-refractivity contribution is -0.0878. The fraction of sp³-hybridized carbons (Fsp3) is 0.444. The molecule has 0 aromatic carbocycles. The van der Waals surface area contributed by atoms with Gasteiger partial charge in [-0.25, -0.2) is 0 Å². The van der Waals surface area contributed by atoms with Crippen molar-refractivity contribution in [3.05, 3.63) is 24.3 Å². The van der Waals surface area contributed by atoms with Gasteiger partial charge in [-0.3, -0.25) is 0 Å². The Morgan fingerprint density at radius 3 is 2.53 bits per heavy atom. The zero-order valence-corrected chi connectivity index (χ0v) is 8.65. The van der Waals surface area contributed by atoms with Crippen LogP contribution in [0.25, 0.3) is 0 Å². The number of rotatable bonds is 5. The minimum atomic E-state index is -4.37. The molecular formula is C9H11ClF3NO. The van der Waals surface area contributed by atoms with Crippen LogP contribution >= 0.6 is 11.6 Å². The van der Waals surface area contributed by atoms with Gasteiger partial charge in [0, 0.05) is 12.0 Å². The van der Waals surface area contributed by atoms with E-state index in [1.165, 1.54) is 6.08 Å².